The molecule has 1 heterocycles. The Balaban J connectivity index is 2.18. The van der Waals surface area contributed by atoms with Gasteiger partial charge >= 0.3 is 17.6 Å². The van der Waals surface area contributed by atoms with Crippen LogP contribution in [0.1, 0.15) is 170 Å². The fourth-order valence-corrected chi connectivity index (χ4v) is 12.3. The van der Waals surface area contributed by atoms with E-state index < -0.39 is 17.6 Å². The second-order valence-electron chi connectivity index (χ2n) is 14.4. The maximum atomic E-state index is 5.98. The Morgan fingerprint density at radius 1 is 0.357 bits per heavy atom. The first kappa shape index (κ1) is 52.6. The first-order valence-corrected chi connectivity index (χ1v) is 26.8. The quantitative estimate of drug-likeness (QED) is 0.0365. The van der Waals surface area contributed by atoms with E-state index in [1.54, 1.807) is 0 Å². The highest BCUT2D eigenvalue weighted by Crippen LogP contribution is 2.22. The normalized spacial score (nSPS) is 12.1. The number of aromatic nitrogens is 3. The van der Waals surface area contributed by atoms with Crippen molar-refractivity contribution in [3.05, 3.63) is 0 Å². The predicted octanol–water partition coefficient (Wildman–Crippen LogP) is 9.96. The lowest BCUT2D eigenvalue weighted by Gasteiger charge is -2.28. The third-order valence-electron chi connectivity index (χ3n) is 9.63. The summed E-state index contributed by atoms with van der Waals surface area (Å²) in [7, 11) is -4.96. The molecule has 15 heteroatoms. The molecule has 0 radical (unpaired) electrons. The molecular formula is C41H87N7O6Si2. The molecule has 0 bridgehead atoms. The molecule has 1 aromatic heterocycles. The van der Waals surface area contributed by atoms with E-state index in [1.807, 2.05) is 41.5 Å². The summed E-state index contributed by atoms with van der Waals surface area (Å²) >= 11 is 0. The minimum atomic E-state index is -2.48. The van der Waals surface area contributed by atoms with Crippen molar-refractivity contribution < 1.29 is 26.6 Å². The highest BCUT2D eigenvalue weighted by Gasteiger charge is 2.40. The van der Waals surface area contributed by atoms with Crippen molar-refractivity contribution in [2.24, 2.45) is 5.73 Å². The van der Waals surface area contributed by atoms with Crippen LogP contribution in [-0.4, -0.2) is 98.4 Å². The molecule has 13 nitrogen and oxygen atoms in total. The van der Waals surface area contributed by atoms with Crippen LogP contribution in [0.4, 0.5) is 17.8 Å². The Bertz CT molecular complexity index is 919. The molecular weight excluding hydrogens is 743 g/mol. The predicted molar refractivity (Wildman–Crippen MR) is 238 cm³/mol. The molecule has 1 aromatic rings. The van der Waals surface area contributed by atoms with Crippen molar-refractivity contribution in [2.75, 3.05) is 81.8 Å². The van der Waals surface area contributed by atoms with Gasteiger partial charge in [0.1, 0.15) is 0 Å². The zero-order valence-corrected chi connectivity index (χ0v) is 39.0. The second-order valence-corrected chi connectivity index (χ2v) is 19.9. The van der Waals surface area contributed by atoms with Gasteiger partial charge in [-0.2, -0.15) is 15.0 Å². The Hall–Kier alpha value is -1.44. The summed E-state index contributed by atoms with van der Waals surface area (Å²) in [6, 6.07) is 1.86. The van der Waals surface area contributed by atoms with Crippen LogP contribution < -0.4 is 21.7 Å². The third-order valence-corrected chi connectivity index (χ3v) is 15.9. The minimum Gasteiger partial charge on any atom is -0.374 e. The van der Waals surface area contributed by atoms with Gasteiger partial charge in [0.25, 0.3) is 0 Å². The van der Waals surface area contributed by atoms with Crippen LogP contribution in [0, 0.1) is 0 Å². The first-order valence-electron chi connectivity index (χ1n) is 23.0. The molecule has 0 amide bonds. The van der Waals surface area contributed by atoms with Crippen molar-refractivity contribution in [3.8, 4) is 0 Å². The van der Waals surface area contributed by atoms with Gasteiger partial charge in [-0.3, -0.25) is 0 Å². The lowest BCUT2D eigenvalue weighted by molar-refractivity contribution is 0.0698. The van der Waals surface area contributed by atoms with Gasteiger partial charge in [0.05, 0.1) is 0 Å². The summed E-state index contributed by atoms with van der Waals surface area (Å²) in [6.45, 7) is 18.9. The molecule has 0 aliphatic rings. The number of nitrogens with zero attached hydrogens (tertiary/aromatic N) is 3. The highest BCUT2D eigenvalue weighted by atomic mass is 28.4. The van der Waals surface area contributed by atoms with Crippen LogP contribution in [0.2, 0.25) is 12.1 Å². The number of hydrogen-bond acceptors (Lipinski definition) is 13. The van der Waals surface area contributed by atoms with Crippen molar-refractivity contribution in [1.29, 1.82) is 0 Å². The van der Waals surface area contributed by atoms with Gasteiger partial charge in [-0.15, -0.1) is 0 Å². The summed E-state index contributed by atoms with van der Waals surface area (Å²) in [5, 5.41) is 10.1. The molecule has 0 aromatic carbocycles. The Morgan fingerprint density at radius 2 is 0.589 bits per heavy atom. The van der Waals surface area contributed by atoms with E-state index in [0.29, 0.717) is 70.6 Å². The first-order chi connectivity index (χ1) is 27.5. The van der Waals surface area contributed by atoms with E-state index >= 15 is 0 Å². The number of nitrogens with two attached hydrogens (primary N) is 1. The maximum absolute atomic E-state index is 5.98. The van der Waals surface area contributed by atoms with E-state index in [4.69, 9.17) is 32.3 Å². The summed E-state index contributed by atoms with van der Waals surface area (Å²) < 4.78 is 35.9. The number of anilines is 3. The second kappa shape index (κ2) is 36.6. The lowest BCUT2D eigenvalue weighted by atomic mass is 10.1. The summed E-state index contributed by atoms with van der Waals surface area (Å²) in [5.74, 6) is 1.80. The number of unbranched alkanes of at least 4 members (excludes halogenated alkanes) is 18. The van der Waals surface area contributed by atoms with Gasteiger partial charge in [-0.05, 0) is 67.2 Å². The number of rotatable bonds is 43. The van der Waals surface area contributed by atoms with Crippen LogP contribution in [0.3, 0.4) is 0 Å². The van der Waals surface area contributed by atoms with Crippen molar-refractivity contribution >= 4 is 35.5 Å². The van der Waals surface area contributed by atoms with Crippen LogP contribution in [0.15, 0.2) is 0 Å². The van der Waals surface area contributed by atoms with Crippen molar-refractivity contribution in [1.82, 2.24) is 15.0 Å². The molecule has 0 unspecified atom stereocenters. The zero-order valence-electron chi connectivity index (χ0n) is 37.0. The van der Waals surface area contributed by atoms with Crippen molar-refractivity contribution in [3.63, 3.8) is 0 Å². The topological polar surface area (TPSA) is 156 Å². The molecule has 0 aliphatic carbocycles. The van der Waals surface area contributed by atoms with E-state index in [1.165, 1.54) is 103 Å². The fourth-order valence-electron chi connectivity index (χ4n) is 6.96. The smallest absolute Gasteiger partial charge is 0.374 e. The van der Waals surface area contributed by atoms with Gasteiger partial charge < -0.3 is 48.2 Å². The number of nitrogens with one attached hydrogen (secondary N) is 3. The van der Waals surface area contributed by atoms with Crippen LogP contribution in [0.25, 0.3) is 0 Å². The van der Waals surface area contributed by atoms with Crippen LogP contribution in [0.5, 0.6) is 0 Å². The van der Waals surface area contributed by atoms with E-state index in [2.05, 4.69) is 30.9 Å². The van der Waals surface area contributed by atoms with Gasteiger partial charge in [-0.1, -0.05) is 103 Å². The molecule has 1 rings (SSSR count). The van der Waals surface area contributed by atoms with E-state index in [0.717, 1.165) is 50.9 Å². The molecule has 0 fully saturated rings. The third kappa shape index (κ3) is 26.5. The Morgan fingerprint density at radius 3 is 0.839 bits per heavy atom. The fraction of sp³-hybridized carbons (Fsp3) is 0.927. The SMILES string of the molecule is CCO[Si](CCCCCCCCCCCCNc1nc(NCCN)nc(NCCCCCCCCCCCC[Si](OCC)(OCC)OCC)n1)(OCC)OCC. The molecule has 0 atom stereocenters. The standard InChI is InChI=1S/C41H87N7O6Si2/c1-7-49-55(50-8-2,51-9-3)37-31-27-23-19-15-13-17-21-25-29-34-43-39-46-40(48-41(47-39)45-36-33-42)44-35-30-26-22-18-14-16-20-24-28-32-38-56(52-10-4,53-11-5)54-12-6/h7-38,42H2,1-6H3,(H3,43,44,45,46,47,48). The maximum Gasteiger partial charge on any atom is 0.500 e. The van der Waals surface area contributed by atoms with Crippen LogP contribution >= 0.6 is 0 Å². The minimum absolute atomic E-state index is 0.524. The average Bonchev–Trinajstić information content (AvgIpc) is 3.18. The Kier molecular flexibility index (Phi) is 34.4. The van der Waals surface area contributed by atoms with Gasteiger partial charge in [-0.25, -0.2) is 0 Å². The van der Waals surface area contributed by atoms with Crippen molar-refractivity contribution in [2.45, 2.75) is 182 Å². The lowest BCUT2D eigenvalue weighted by Crippen LogP contribution is -2.45. The molecule has 0 saturated carbocycles. The van der Waals surface area contributed by atoms with Gasteiger partial charge in [0.15, 0.2) is 0 Å². The zero-order chi connectivity index (χ0) is 40.8. The molecule has 56 heavy (non-hydrogen) atoms. The molecule has 330 valence electrons. The van der Waals surface area contributed by atoms with E-state index in [-0.39, 0.29) is 0 Å². The van der Waals surface area contributed by atoms with Gasteiger partial charge in [0, 0.05) is 77.9 Å². The van der Waals surface area contributed by atoms with E-state index in [9.17, 15) is 0 Å². The molecule has 0 aliphatic heterocycles. The van der Waals surface area contributed by atoms with Gasteiger partial charge in [0.2, 0.25) is 17.8 Å². The largest absolute Gasteiger partial charge is 0.500 e. The molecule has 0 saturated heterocycles. The average molecular weight is 830 g/mol. The molecule has 0 spiro atoms. The summed E-state index contributed by atoms with van der Waals surface area (Å²) in [5.41, 5.74) is 5.72. The Labute approximate surface area is 345 Å². The summed E-state index contributed by atoms with van der Waals surface area (Å²) in [6.07, 6.45) is 24.8. The van der Waals surface area contributed by atoms with Crippen LogP contribution in [-0.2, 0) is 26.6 Å². The summed E-state index contributed by atoms with van der Waals surface area (Å²) in [4.78, 5) is 13.8. The molecule has 5 N–H and O–H groups in total. The number of hydrogen-bond donors (Lipinski definition) is 4. The highest BCUT2D eigenvalue weighted by molar-refractivity contribution is 6.61. The monoisotopic (exact) mass is 830 g/mol.